The second-order valence-electron chi connectivity index (χ2n) is 4.18. The first kappa shape index (κ1) is 14.4. The van der Waals surface area contributed by atoms with Crippen molar-refractivity contribution in [3.63, 3.8) is 0 Å². The Morgan fingerprint density at radius 2 is 1.89 bits per heavy atom. The van der Waals surface area contributed by atoms with Crippen LogP contribution in [0, 0.1) is 0 Å². The Morgan fingerprint density at radius 1 is 1.16 bits per heavy atom. The van der Waals surface area contributed by atoms with Crippen LogP contribution in [0.5, 0.6) is 0 Å². The molecule has 0 saturated carbocycles. The molecule has 0 aromatic heterocycles. The van der Waals surface area contributed by atoms with E-state index in [9.17, 15) is 0 Å². The molecule has 0 aliphatic carbocycles. The summed E-state index contributed by atoms with van der Waals surface area (Å²) in [6, 6.07) is 14.1. The third kappa shape index (κ3) is 3.96. The van der Waals surface area contributed by atoms with Crippen molar-refractivity contribution in [2.75, 3.05) is 12.4 Å². The number of methoxy groups -OCH3 is 1. The molecule has 0 aliphatic rings. The molecule has 0 unspecified atom stereocenters. The van der Waals surface area contributed by atoms with E-state index < -0.39 is 0 Å². The second-order valence-corrected chi connectivity index (χ2v) is 5.45. The van der Waals surface area contributed by atoms with Gasteiger partial charge in [-0.2, -0.15) is 0 Å². The third-order valence-corrected chi connectivity index (χ3v) is 4.05. The highest BCUT2D eigenvalue weighted by Gasteiger charge is 2.02. The van der Waals surface area contributed by atoms with E-state index in [0.717, 1.165) is 16.7 Å². The maximum atomic E-state index is 6.07. The number of anilines is 1. The molecule has 100 valence electrons. The van der Waals surface area contributed by atoms with Gasteiger partial charge >= 0.3 is 0 Å². The zero-order chi connectivity index (χ0) is 13.7. The topological polar surface area (TPSA) is 21.3 Å². The quantitative estimate of drug-likeness (QED) is 0.839. The lowest BCUT2D eigenvalue weighted by Crippen LogP contribution is -2.03. The molecule has 0 radical (unpaired) electrons. The minimum Gasteiger partial charge on any atom is -0.381 e. The summed E-state index contributed by atoms with van der Waals surface area (Å²) < 4.78 is 6.10. The average Bonchev–Trinajstić information content (AvgIpc) is 2.42. The van der Waals surface area contributed by atoms with Crippen LogP contribution in [0.2, 0.25) is 5.02 Å². The molecule has 0 spiro atoms. The number of benzene rings is 2. The highest BCUT2D eigenvalue weighted by molar-refractivity contribution is 9.10. The van der Waals surface area contributed by atoms with E-state index >= 15 is 0 Å². The number of halogens is 2. The number of nitrogens with one attached hydrogen (secondary N) is 1. The molecule has 2 aromatic rings. The predicted molar refractivity (Wildman–Crippen MR) is 83.6 cm³/mol. The Kier molecular flexibility index (Phi) is 5.25. The summed E-state index contributed by atoms with van der Waals surface area (Å²) in [6.07, 6.45) is 0. The van der Waals surface area contributed by atoms with E-state index in [-0.39, 0.29) is 0 Å². The molecule has 2 rings (SSSR count). The second kappa shape index (κ2) is 6.94. The van der Waals surface area contributed by atoms with Crippen molar-refractivity contribution in [2.45, 2.75) is 13.2 Å². The molecule has 0 bridgehead atoms. The van der Waals surface area contributed by atoms with E-state index in [1.54, 1.807) is 7.11 Å². The first-order chi connectivity index (χ1) is 9.20. The van der Waals surface area contributed by atoms with Gasteiger partial charge in [0.15, 0.2) is 0 Å². The summed E-state index contributed by atoms with van der Waals surface area (Å²) in [6.45, 7) is 1.37. The van der Waals surface area contributed by atoms with E-state index in [2.05, 4.69) is 33.4 Å². The summed E-state index contributed by atoms with van der Waals surface area (Å²) in [5, 5.41) is 4.07. The van der Waals surface area contributed by atoms with Crippen molar-refractivity contribution in [1.29, 1.82) is 0 Å². The summed E-state index contributed by atoms with van der Waals surface area (Å²) in [4.78, 5) is 0. The maximum absolute atomic E-state index is 6.07. The lowest BCUT2D eigenvalue weighted by molar-refractivity contribution is 0.184. The third-order valence-electron chi connectivity index (χ3n) is 2.82. The van der Waals surface area contributed by atoms with Gasteiger partial charge in [0, 0.05) is 23.8 Å². The number of hydrogen-bond acceptors (Lipinski definition) is 2. The fourth-order valence-corrected chi connectivity index (χ4v) is 2.26. The molecule has 0 fully saturated rings. The van der Waals surface area contributed by atoms with Gasteiger partial charge in [-0.25, -0.2) is 0 Å². The van der Waals surface area contributed by atoms with Crippen molar-refractivity contribution in [2.24, 2.45) is 0 Å². The minimum atomic E-state index is 0.624. The first-order valence-electron chi connectivity index (χ1n) is 5.95. The van der Waals surface area contributed by atoms with Gasteiger partial charge in [-0.1, -0.05) is 35.9 Å². The van der Waals surface area contributed by atoms with Crippen molar-refractivity contribution < 1.29 is 4.74 Å². The molecule has 4 heteroatoms. The van der Waals surface area contributed by atoms with Crippen LogP contribution < -0.4 is 5.32 Å². The first-order valence-corrected chi connectivity index (χ1v) is 7.12. The van der Waals surface area contributed by atoms with Gasteiger partial charge in [-0.15, -0.1) is 0 Å². The number of ether oxygens (including phenoxy) is 1. The summed E-state index contributed by atoms with van der Waals surface area (Å²) in [7, 11) is 1.71. The molecule has 0 amide bonds. The van der Waals surface area contributed by atoms with Gasteiger partial charge < -0.3 is 10.1 Å². The highest BCUT2D eigenvalue weighted by atomic mass is 79.9. The monoisotopic (exact) mass is 339 g/mol. The normalized spacial score (nSPS) is 10.5. The zero-order valence-electron chi connectivity index (χ0n) is 10.6. The van der Waals surface area contributed by atoms with E-state index in [0.29, 0.717) is 11.6 Å². The predicted octanol–water partition coefficient (Wildman–Crippen LogP) is 4.86. The van der Waals surface area contributed by atoms with Gasteiger partial charge in [-0.05, 0) is 45.3 Å². The molecular formula is C15H15BrClNO. The summed E-state index contributed by atoms with van der Waals surface area (Å²) >= 11 is 9.45. The van der Waals surface area contributed by atoms with Crippen molar-refractivity contribution in [1.82, 2.24) is 0 Å². The van der Waals surface area contributed by atoms with Crippen LogP contribution in [0.4, 0.5) is 5.69 Å². The summed E-state index contributed by atoms with van der Waals surface area (Å²) in [5.41, 5.74) is 3.42. The molecule has 0 saturated heterocycles. The van der Waals surface area contributed by atoms with Crippen LogP contribution in [-0.2, 0) is 17.9 Å². The van der Waals surface area contributed by atoms with Crippen LogP contribution in [0.3, 0.4) is 0 Å². The van der Waals surface area contributed by atoms with E-state index in [1.807, 2.05) is 30.3 Å². The Balaban J connectivity index is 2.07. The molecule has 19 heavy (non-hydrogen) atoms. The highest BCUT2D eigenvalue weighted by Crippen LogP contribution is 2.26. The van der Waals surface area contributed by atoms with Gasteiger partial charge in [0.2, 0.25) is 0 Å². The molecular weight excluding hydrogens is 326 g/mol. The Morgan fingerprint density at radius 3 is 2.58 bits per heavy atom. The molecule has 0 atom stereocenters. The maximum Gasteiger partial charge on any atom is 0.0716 e. The number of hydrogen-bond donors (Lipinski definition) is 1. The van der Waals surface area contributed by atoms with Gasteiger partial charge in [0.05, 0.1) is 11.6 Å². The Bertz CT molecular complexity index is 560. The standard InChI is InChI=1S/C15H15BrClNO/c1-19-10-12-5-3-2-4-11(12)9-18-13-6-7-14(16)15(17)8-13/h2-8,18H,9-10H2,1H3. The fourth-order valence-electron chi connectivity index (χ4n) is 1.83. The van der Waals surface area contributed by atoms with Crippen LogP contribution in [0.1, 0.15) is 11.1 Å². The van der Waals surface area contributed by atoms with Crippen LogP contribution in [0.25, 0.3) is 0 Å². The van der Waals surface area contributed by atoms with E-state index in [1.165, 1.54) is 11.1 Å². The summed E-state index contributed by atoms with van der Waals surface area (Å²) in [5.74, 6) is 0. The fraction of sp³-hybridized carbons (Fsp3) is 0.200. The van der Waals surface area contributed by atoms with Gasteiger partial charge in [0.1, 0.15) is 0 Å². The Labute approximate surface area is 126 Å². The SMILES string of the molecule is COCc1ccccc1CNc1ccc(Br)c(Cl)c1. The van der Waals surface area contributed by atoms with Gasteiger partial charge in [-0.3, -0.25) is 0 Å². The zero-order valence-corrected chi connectivity index (χ0v) is 13.0. The van der Waals surface area contributed by atoms with E-state index in [4.69, 9.17) is 16.3 Å². The van der Waals surface area contributed by atoms with Gasteiger partial charge in [0.25, 0.3) is 0 Å². The largest absolute Gasteiger partial charge is 0.381 e. The lowest BCUT2D eigenvalue weighted by atomic mass is 10.1. The van der Waals surface area contributed by atoms with Crippen LogP contribution in [0.15, 0.2) is 46.9 Å². The number of rotatable bonds is 5. The van der Waals surface area contributed by atoms with Crippen molar-refractivity contribution >= 4 is 33.2 Å². The smallest absolute Gasteiger partial charge is 0.0716 e. The molecule has 2 aromatic carbocycles. The van der Waals surface area contributed by atoms with Crippen molar-refractivity contribution in [3.05, 3.63) is 63.1 Å². The molecule has 2 nitrogen and oxygen atoms in total. The minimum absolute atomic E-state index is 0.624. The lowest BCUT2D eigenvalue weighted by Gasteiger charge is -2.11. The molecule has 1 N–H and O–H groups in total. The van der Waals surface area contributed by atoms with Crippen LogP contribution in [-0.4, -0.2) is 7.11 Å². The molecule has 0 aliphatic heterocycles. The average molecular weight is 341 g/mol. The Hall–Kier alpha value is -1.03. The van der Waals surface area contributed by atoms with Crippen LogP contribution >= 0.6 is 27.5 Å². The van der Waals surface area contributed by atoms with Crippen molar-refractivity contribution in [3.8, 4) is 0 Å². The molecule has 0 heterocycles.